The fourth-order valence-corrected chi connectivity index (χ4v) is 9.95. The topological polar surface area (TPSA) is 389 Å². The molecule has 4 rings (SSSR count). The standard InChI is InChI=1S/C49H66ClN11O12S2/c1-27(62)41-48(72)60-39(47(71)58-36(42(52)66)23-29-9-16-32(63)17-10-29)26-75-74-25-38(55-40(65)20-13-28-7-14-31(50)15-8-28)46(70)59-37(24-30-11-18-33(64)19-12-30)45(69)57-35(6-4-22-54-49(53)73)43(67)56-34(44(68)61-41)5-2-3-21-51/h7-12,14-19,27,34-39,41,62-64H,2-6,13,20-26,51H2,1H3,(H2,52,66)(H,55,65)(H,56,67)(H,57,69)(H,58,71)(H,59,70)(H,60,72)(H,61,68)(H3,53,54,73)/t27?,34-,35+,36+,37-,38+,39-,41?/m0/s1. The summed E-state index contributed by atoms with van der Waals surface area (Å²) in [5, 5.41) is 51.9. The van der Waals surface area contributed by atoms with E-state index in [1.54, 1.807) is 24.3 Å². The second-order valence-electron chi connectivity index (χ2n) is 17.7. The van der Waals surface area contributed by atoms with Gasteiger partial charge in [-0.25, -0.2) is 4.79 Å². The molecule has 8 atom stereocenters. The molecule has 26 heteroatoms. The summed E-state index contributed by atoms with van der Waals surface area (Å²) in [6.07, 6.45) is -1.09. The molecule has 1 aliphatic heterocycles. The van der Waals surface area contributed by atoms with Gasteiger partial charge in [-0.15, -0.1) is 0 Å². The number of amides is 10. The van der Waals surface area contributed by atoms with Crippen LogP contribution in [0.15, 0.2) is 72.8 Å². The summed E-state index contributed by atoms with van der Waals surface area (Å²) in [6, 6.07) is 7.36. The van der Waals surface area contributed by atoms with Crippen LogP contribution in [-0.4, -0.2) is 142 Å². The number of carbonyl (C=O) groups excluding carboxylic acids is 9. The van der Waals surface area contributed by atoms with E-state index in [1.165, 1.54) is 55.5 Å². The maximum absolute atomic E-state index is 14.5. The number of unbranched alkanes of at least 4 members (excludes halogenated alkanes) is 1. The van der Waals surface area contributed by atoms with Crippen molar-refractivity contribution in [1.29, 1.82) is 0 Å². The van der Waals surface area contributed by atoms with Crippen LogP contribution in [0.3, 0.4) is 0 Å². The fourth-order valence-electron chi connectivity index (χ4n) is 7.50. The maximum Gasteiger partial charge on any atom is 0.312 e. The van der Waals surface area contributed by atoms with Gasteiger partial charge in [0, 0.05) is 42.3 Å². The van der Waals surface area contributed by atoms with Gasteiger partial charge in [0.25, 0.3) is 0 Å². The van der Waals surface area contributed by atoms with Gasteiger partial charge in [0.2, 0.25) is 47.3 Å². The highest BCUT2D eigenvalue weighted by molar-refractivity contribution is 8.76. The quantitative estimate of drug-likeness (QED) is 0.0496. The highest BCUT2D eigenvalue weighted by atomic mass is 35.5. The van der Waals surface area contributed by atoms with Crippen molar-refractivity contribution in [1.82, 2.24) is 42.5 Å². The number of aromatic hydroxyl groups is 2. The van der Waals surface area contributed by atoms with Crippen molar-refractivity contribution in [3.8, 4) is 11.5 Å². The number of benzene rings is 3. The third-order valence-electron chi connectivity index (χ3n) is 11.7. The lowest BCUT2D eigenvalue weighted by Gasteiger charge is -2.29. The summed E-state index contributed by atoms with van der Waals surface area (Å²) in [6.45, 7) is 1.41. The van der Waals surface area contributed by atoms with Crippen molar-refractivity contribution in [2.75, 3.05) is 24.6 Å². The van der Waals surface area contributed by atoms with Crippen molar-refractivity contribution in [2.24, 2.45) is 17.2 Å². The molecule has 1 fully saturated rings. The van der Waals surface area contributed by atoms with Crippen molar-refractivity contribution in [3.05, 3.63) is 94.5 Å². The first kappa shape index (κ1) is 60.8. The Hall–Kier alpha value is -6.80. The zero-order valence-electron chi connectivity index (χ0n) is 41.2. The van der Waals surface area contributed by atoms with Gasteiger partial charge in [-0.05, 0) is 105 Å². The number of urea groups is 1. The van der Waals surface area contributed by atoms with Gasteiger partial charge < -0.3 is 75.1 Å². The molecule has 23 nitrogen and oxygen atoms in total. The number of aryl methyl sites for hydroxylation is 1. The number of phenols is 2. The highest BCUT2D eigenvalue weighted by Gasteiger charge is 2.36. The van der Waals surface area contributed by atoms with Crippen LogP contribution in [0.5, 0.6) is 11.5 Å². The molecule has 0 saturated carbocycles. The fraction of sp³-hybridized carbons (Fsp3) is 0.449. The van der Waals surface area contributed by atoms with Gasteiger partial charge in [0.1, 0.15) is 53.8 Å². The molecule has 0 spiro atoms. The summed E-state index contributed by atoms with van der Waals surface area (Å²) >= 11 is 6.05. The third kappa shape index (κ3) is 21.5. The first-order valence-electron chi connectivity index (χ1n) is 24.1. The third-order valence-corrected chi connectivity index (χ3v) is 14.4. The Balaban J connectivity index is 1.77. The van der Waals surface area contributed by atoms with E-state index in [0.29, 0.717) is 29.0 Å². The Bertz CT molecular complexity index is 2420. The predicted octanol–water partition coefficient (Wildman–Crippen LogP) is -0.599. The maximum atomic E-state index is 14.5. The summed E-state index contributed by atoms with van der Waals surface area (Å²) in [7, 11) is 1.97. The Morgan fingerprint density at radius 2 is 1.24 bits per heavy atom. The minimum absolute atomic E-state index is 0.0239. The van der Waals surface area contributed by atoms with Gasteiger partial charge in [-0.1, -0.05) is 69.6 Å². The lowest BCUT2D eigenvalue weighted by Crippen LogP contribution is -2.62. The van der Waals surface area contributed by atoms with Crippen LogP contribution >= 0.6 is 33.2 Å². The van der Waals surface area contributed by atoms with Crippen LogP contribution in [0.2, 0.25) is 5.02 Å². The van der Waals surface area contributed by atoms with Gasteiger partial charge in [-0.2, -0.15) is 0 Å². The van der Waals surface area contributed by atoms with Crippen molar-refractivity contribution >= 4 is 86.5 Å². The van der Waals surface area contributed by atoms with Crippen molar-refractivity contribution < 1.29 is 58.5 Å². The van der Waals surface area contributed by atoms with E-state index in [2.05, 4.69) is 42.5 Å². The minimum atomic E-state index is -1.74. The van der Waals surface area contributed by atoms with E-state index in [-0.39, 0.29) is 81.0 Å². The van der Waals surface area contributed by atoms with Gasteiger partial charge in [0.05, 0.1) is 6.10 Å². The number of carbonyl (C=O) groups is 9. The molecule has 17 N–H and O–H groups in total. The van der Waals surface area contributed by atoms with Crippen LogP contribution in [-0.2, 0) is 57.6 Å². The van der Waals surface area contributed by atoms with Crippen LogP contribution < -0.4 is 59.7 Å². The summed E-state index contributed by atoms with van der Waals surface area (Å²) in [5.74, 6) is -7.54. The lowest BCUT2D eigenvalue weighted by molar-refractivity contribution is -0.136. The first-order valence-corrected chi connectivity index (χ1v) is 27.0. The molecule has 1 heterocycles. The Labute approximate surface area is 446 Å². The van der Waals surface area contributed by atoms with Gasteiger partial charge in [-0.3, -0.25) is 38.4 Å². The molecular weight excluding hydrogens is 1030 g/mol. The molecule has 408 valence electrons. The Morgan fingerprint density at radius 1 is 0.693 bits per heavy atom. The zero-order chi connectivity index (χ0) is 55.0. The Morgan fingerprint density at radius 3 is 1.83 bits per heavy atom. The molecule has 0 radical (unpaired) electrons. The average molecular weight is 1100 g/mol. The number of aliphatic hydroxyl groups excluding tert-OH is 1. The molecule has 2 unspecified atom stereocenters. The first-order chi connectivity index (χ1) is 35.7. The highest BCUT2D eigenvalue weighted by Crippen LogP contribution is 2.24. The van der Waals surface area contributed by atoms with E-state index in [4.69, 9.17) is 28.8 Å². The number of hydrogen-bond donors (Lipinski definition) is 14. The second-order valence-corrected chi connectivity index (χ2v) is 20.7. The average Bonchev–Trinajstić information content (AvgIpc) is 3.36. The van der Waals surface area contributed by atoms with Crippen molar-refractivity contribution in [2.45, 2.75) is 113 Å². The molecule has 0 aliphatic carbocycles. The normalized spacial score (nSPS) is 21.1. The van der Waals surface area contributed by atoms with Gasteiger partial charge >= 0.3 is 6.03 Å². The number of aliphatic hydroxyl groups is 1. The molecule has 3 aromatic carbocycles. The summed E-state index contributed by atoms with van der Waals surface area (Å²) in [5.41, 5.74) is 18.5. The molecule has 1 saturated heterocycles. The van der Waals surface area contributed by atoms with Gasteiger partial charge in [0.15, 0.2) is 0 Å². The zero-order valence-corrected chi connectivity index (χ0v) is 43.6. The summed E-state index contributed by atoms with van der Waals surface area (Å²) < 4.78 is 0. The van der Waals surface area contributed by atoms with Crippen molar-refractivity contribution in [3.63, 3.8) is 0 Å². The smallest absolute Gasteiger partial charge is 0.312 e. The monoisotopic (exact) mass is 1100 g/mol. The number of phenolic OH excluding ortho intramolecular Hbond substituents is 2. The predicted molar refractivity (Wildman–Crippen MR) is 282 cm³/mol. The van der Waals surface area contributed by atoms with E-state index in [0.717, 1.165) is 27.2 Å². The number of nitrogens with two attached hydrogens (primary N) is 3. The number of nitrogens with one attached hydrogen (secondary N) is 8. The van der Waals surface area contributed by atoms with Crippen LogP contribution in [0.25, 0.3) is 0 Å². The van der Waals surface area contributed by atoms with Crippen LogP contribution in [0.4, 0.5) is 4.79 Å². The molecule has 1 aliphatic rings. The molecular formula is C49H66ClN11O12S2. The lowest BCUT2D eigenvalue weighted by atomic mass is 10.0. The summed E-state index contributed by atoms with van der Waals surface area (Å²) in [4.78, 5) is 123. The van der Waals surface area contributed by atoms with E-state index < -0.39 is 102 Å². The Kier molecular flexibility index (Phi) is 25.2. The SMILES string of the molecule is CC(O)C1NC(=O)[C@H](CCCCN)NC(=O)[C@@H](CCCNC(N)=O)NC(=O)[C@H](Cc2ccc(O)cc2)NC(=O)[C@H](NC(=O)CCc2ccc(Cl)cc2)CSSC[C@@H](C(=O)N[C@H](Cc2ccc(O)cc2)C(N)=O)NC1=O. The van der Waals surface area contributed by atoms with E-state index in [1.807, 2.05) is 0 Å². The number of hydrogen-bond acceptors (Lipinski definition) is 15. The number of rotatable bonds is 20. The number of halogens is 1. The second kappa shape index (κ2) is 31.2. The van der Waals surface area contributed by atoms with Crippen LogP contribution in [0, 0.1) is 0 Å². The van der Waals surface area contributed by atoms with Crippen LogP contribution in [0.1, 0.15) is 62.1 Å². The van der Waals surface area contributed by atoms with E-state index in [9.17, 15) is 58.5 Å². The molecule has 0 aromatic heterocycles. The molecule has 3 aromatic rings. The molecule has 75 heavy (non-hydrogen) atoms. The molecule has 10 amide bonds. The number of primary amides is 2. The minimum Gasteiger partial charge on any atom is -0.508 e. The largest absolute Gasteiger partial charge is 0.508 e. The molecule has 0 bridgehead atoms. The van der Waals surface area contributed by atoms with E-state index >= 15 is 0 Å².